The number of hydrogen-bond acceptors (Lipinski definition) is 5. The second kappa shape index (κ2) is 11.2. The van der Waals surface area contributed by atoms with Gasteiger partial charge in [0.2, 0.25) is 5.78 Å². The molecule has 0 aromatic heterocycles. The van der Waals surface area contributed by atoms with Crippen molar-refractivity contribution in [1.82, 2.24) is 4.90 Å². The first-order valence-electron chi connectivity index (χ1n) is 10.3. The van der Waals surface area contributed by atoms with Gasteiger partial charge in [-0.25, -0.2) is 4.79 Å². The van der Waals surface area contributed by atoms with Crippen LogP contribution >= 0.6 is 11.8 Å². The highest BCUT2D eigenvalue weighted by Gasteiger charge is 2.48. The average Bonchev–Trinajstić information content (AvgIpc) is 3.03. The summed E-state index contributed by atoms with van der Waals surface area (Å²) in [5.74, 6) is -1.02. The first-order chi connectivity index (χ1) is 13.9. The van der Waals surface area contributed by atoms with Crippen LogP contribution in [-0.4, -0.2) is 45.8 Å². The van der Waals surface area contributed by atoms with Gasteiger partial charge in [-0.3, -0.25) is 9.59 Å². The fraction of sp³-hybridized carbons (Fsp3) is 0.522. The Balaban J connectivity index is 1.93. The van der Waals surface area contributed by atoms with Crippen molar-refractivity contribution in [3.63, 3.8) is 0 Å². The molecule has 1 atom stereocenters. The lowest BCUT2D eigenvalue weighted by Crippen LogP contribution is -2.52. The molecule has 6 heteroatoms. The van der Waals surface area contributed by atoms with Gasteiger partial charge in [0.25, 0.3) is 5.91 Å². The Morgan fingerprint density at radius 1 is 1.17 bits per heavy atom. The molecule has 0 unspecified atom stereocenters. The van der Waals surface area contributed by atoms with E-state index in [1.807, 2.05) is 50.3 Å². The fourth-order valence-electron chi connectivity index (χ4n) is 3.29. The lowest BCUT2D eigenvalue weighted by atomic mass is 10.1. The van der Waals surface area contributed by atoms with Crippen molar-refractivity contribution in [3.05, 3.63) is 42.0 Å². The number of carbonyl (C=O) groups is 3. The molecule has 0 bridgehead atoms. The van der Waals surface area contributed by atoms with Gasteiger partial charge in [0.15, 0.2) is 0 Å². The maximum atomic E-state index is 12.8. The molecular weight excluding hydrogens is 386 g/mol. The highest BCUT2D eigenvalue weighted by molar-refractivity contribution is 8.00. The minimum absolute atomic E-state index is 0.127. The zero-order valence-electron chi connectivity index (χ0n) is 17.6. The van der Waals surface area contributed by atoms with E-state index in [1.54, 1.807) is 6.08 Å². The first kappa shape index (κ1) is 23.2. The van der Waals surface area contributed by atoms with E-state index in [-0.39, 0.29) is 13.0 Å². The third-order valence-corrected chi connectivity index (χ3v) is 6.29. The largest absolute Gasteiger partial charge is 0.460 e. The number of Topliss-reactive ketones (excluding diaryl/α,β-unsaturated/α-hetero) is 1. The molecule has 1 aromatic carbocycles. The monoisotopic (exact) mass is 417 g/mol. The van der Waals surface area contributed by atoms with Crippen LogP contribution in [0.3, 0.4) is 0 Å². The molecule has 0 spiro atoms. The Kier molecular flexibility index (Phi) is 8.96. The molecule has 1 aromatic rings. The molecule has 1 aliphatic rings. The Morgan fingerprint density at radius 3 is 2.59 bits per heavy atom. The van der Waals surface area contributed by atoms with E-state index in [1.165, 1.54) is 16.7 Å². The van der Waals surface area contributed by atoms with E-state index in [9.17, 15) is 14.4 Å². The third kappa shape index (κ3) is 6.74. The molecule has 0 aliphatic carbocycles. The van der Waals surface area contributed by atoms with E-state index < -0.39 is 28.6 Å². The molecule has 158 valence electrons. The van der Waals surface area contributed by atoms with Gasteiger partial charge in [-0.15, -0.1) is 11.8 Å². The number of ketones is 1. The minimum atomic E-state index is -0.729. The van der Waals surface area contributed by atoms with Gasteiger partial charge in [-0.05, 0) is 31.9 Å². The van der Waals surface area contributed by atoms with Gasteiger partial charge in [-0.1, -0.05) is 62.6 Å². The molecule has 1 saturated heterocycles. The van der Waals surface area contributed by atoms with Gasteiger partial charge in [0.05, 0.1) is 4.87 Å². The van der Waals surface area contributed by atoms with Crippen LogP contribution in [0.4, 0.5) is 0 Å². The number of ether oxygens (including phenoxy) is 1. The molecule has 0 N–H and O–H groups in total. The molecule has 1 heterocycles. The van der Waals surface area contributed by atoms with Crippen LogP contribution in [0.1, 0.15) is 58.4 Å². The van der Waals surface area contributed by atoms with Crippen LogP contribution in [0, 0.1) is 0 Å². The zero-order valence-corrected chi connectivity index (χ0v) is 18.4. The van der Waals surface area contributed by atoms with E-state index >= 15 is 0 Å². The van der Waals surface area contributed by atoms with Crippen molar-refractivity contribution in [2.45, 2.75) is 63.8 Å². The number of hydrogen-bond donors (Lipinski definition) is 0. The van der Waals surface area contributed by atoms with Crippen LogP contribution in [0.25, 0.3) is 6.08 Å². The van der Waals surface area contributed by atoms with Crippen molar-refractivity contribution >= 4 is 35.5 Å². The second-order valence-electron chi connectivity index (χ2n) is 7.63. The SMILES string of the molecule is CCCCCCC(=O)C(=O)N1[C@H](C(=O)OC/C=C/c2ccccc2)CSC1(C)C. The molecule has 0 saturated carbocycles. The van der Waals surface area contributed by atoms with Crippen molar-refractivity contribution < 1.29 is 19.1 Å². The summed E-state index contributed by atoms with van der Waals surface area (Å²) < 4.78 is 5.37. The Hall–Kier alpha value is -2.08. The standard InChI is InChI=1S/C23H31NO4S/c1-4-5-6-10-15-20(25)21(26)24-19(17-29-23(24,2)3)22(27)28-16-11-14-18-12-8-7-9-13-18/h7-9,11-14,19H,4-6,10,15-17H2,1-3H3/b14-11+/t19-/m0/s1. The molecule has 2 rings (SSSR count). The quantitative estimate of drug-likeness (QED) is 0.319. The lowest BCUT2D eigenvalue weighted by Gasteiger charge is -2.33. The number of nitrogens with zero attached hydrogens (tertiary/aromatic N) is 1. The molecule has 1 aliphatic heterocycles. The van der Waals surface area contributed by atoms with E-state index in [2.05, 4.69) is 6.92 Å². The summed E-state index contributed by atoms with van der Waals surface area (Å²) in [5.41, 5.74) is 1.02. The van der Waals surface area contributed by atoms with E-state index in [0.717, 1.165) is 24.8 Å². The Morgan fingerprint density at radius 2 is 1.90 bits per heavy atom. The smallest absolute Gasteiger partial charge is 0.330 e. The van der Waals surface area contributed by atoms with E-state index in [0.29, 0.717) is 12.2 Å². The summed E-state index contributed by atoms with van der Waals surface area (Å²) in [6.07, 6.45) is 7.65. The number of esters is 1. The number of benzene rings is 1. The molecular formula is C23H31NO4S. The maximum Gasteiger partial charge on any atom is 0.330 e. The van der Waals surface area contributed by atoms with E-state index in [4.69, 9.17) is 4.74 Å². The number of thioether (sulfide) groups is 1. The predicted molar refractivity (Wildman–Crippen MR) is 117 cm³/mol. The summed E-state index contributed by atoms with van der Waals surface area (Å²) in [5, 5.41) is 0. The predicted octanol–water partition coefficient (Wildman–Crippen LogP) is 4.46. The first-order valence-corrected chi connectivity index (χ1v) is 11.2. The molecule has 1 amide bonds. The maximum absolute atomic E-state index is 12.8. The van der Waals surface area contributed by atoms with Crippen molar-refractivity contribution in [2.75, 3.05) is 12.4 Å². The van der Waals surface area contributed by atoms with Gasteiger partial charge in [-0.2, -0.15) is 0 Å². The molecule has 0 radical (unpaired) electrons. The Bertz CT molecular complexity index is 730. The topological polar surface area (TPSA) is 63.7 Å². The average molecular weight is 418 g/mol. The number of carbonyl (C=O) groups excluding carboxylic acids is 3. The van der Waals surface area contributed by atoms with Crippen LogP contribution < -0.4 is 0 Å². The lowest BCUT2D eigenvalue weighted by molar-refractivity contribution is -0.157. The van der Waals surface area contributed by atoms with Crippen LogP contribution in [0.15, 0.2) is 36.4 Å². The summed E-state index contributed by atoms with van der Waals surface area (Å²) in [4.78, 5) is 38.6. The van der Waals surface area contributed by atoms with Crippen molar-refractivity contribution in [2.24, 2.45) is 0 Å². The van der Waals surface area contributed by atoms with Crippen LogP contribution in [0.2, 0.25) is 0 Å². The fourth-order valence-corrected chi connectivity index (χ4v) is 4.49. The van der Waals surface area contributed by atoms with Crippen molar-refractivity contribution in [1.29, 1.82) is 0 Å². The number of amides is 1. The highest BCUT2D eigenvalue weighted by atomic mass is 32.2. The summed E-state index contributed by atoms with van der Waals surface area (Å²) in [6.45, 7) is 5.95. The number of rotatable bonds is 10. The number of unbranched alkanes of at least 4 members (excludes halogenated alkanes) is 3. The molecule has 29 heavy (non-hydrogen) atoms. The summed E-state index contributed by atoms with van der Waals surface area (Å²) in [7, 11) is 0. The van der Waals surface area contributed by atoms with Gasteiger partial charge < -0.3 is 9.64 Å². The van der Waals surface area contributed by atoms with Crippen LogP contribution in [0.5, 0.6) is 0 Å². The van der Waals surface area contributed by atoms with Gasteiger partial charge >= 0.3 is 5.97 Å². The third-order valence-electron chi connectivity index (χ3n) is 4.90. The van der Waals surface area contributed by atoms with Crippen LogP contribution in [-0.2, 0) is 19.1 Å². The summed E-state index contributed by atoms with van der Waals surface area (Å²) >= 11 is 1.49. The molecule has 5 nitrogen and oxygen atoms in total. The normalized spacial score (nSPS) is 18.2. The van der Waals surface area contributed by atoms with Gasteiger partial charge in [0.1, 0.15) is 12.6 Å². The summed E-state index contributed by atoms with van der Waals surface area (Å²) in [6, 6.07) is 9.00. The highest BCUT2D eigenvalue weighted by Crippen LogP contribution is 2.39. The Labute approximate surface area is 177 Å². The van der Waals surface area contributed by atoms with Crippen molar-refractivity contribution in [3.8, 4) is 0 Å². The molecule has 1 fully saturated rings. The zero-order chi connectivity index (χ0) is 21.3. The minimum Gasteiger partial charge on any atom is -0.460 e. The second-order valence-corrected chi connectivity index (χ2v) is 9.25. The van der Waals surface area contributed by atoms with Gasteiger partial charge in [0, 0.05) is 12.2 Å².